The number of rotatable bonds is 13. The lowest BCUT2D eigenvalue weighted by atomic mass is 9.64. The third-order valence-electron chi connectivity index (χ3n) is 12.4. The van der Waals surface area contributed by atoms with E-state index in [9.17, 15) is 14.4 Å². The molecule has 2 saturated carbocycles. The molecule has 2 fully saturated rings. The Balaban J connectivity index is 1.52. The fourth-order valence-electron chi connectivity index (χ4n) is 9.17. The van der Waals surface area contributed by atoms with Crippen molar-refractivity contribution in [3.63, 3.8) is 0 Å². The molecule has 0 amide bonds. The molecule has 0 unspecified atom stereocenters. The third-order valence-corrected chi connectivity index (χ3v) is 12.4. The summed E-state index contributed by atoms with van der Waals surface area (Å²) in [5.74, 6) is -2.99. The maximum Gasteiger partial charge on any atom is 0.321 e. The Morgan fingerprint density at radius 1 is 0.627 bits per heavy atom. The normalized spacial score (nSPS) is 24.8. The molecule has 0 aromatic heterocycles. The van der Waals surface area contributed by atoms with Crippen molar-refractivity contribution in [3.05, 3.63) is 108 Å². The van der Waals surface area contributed by atoms with Crippen molar-refractivity contribution in [2.24, 2.45) is 29.6 Å². The van der Waals surface area contributed by atoms with Crippen LogP contribution in [-0.4, -0.2) is 29.9 Å². The van der Waals surface area contributed by atoms with E-state index in [1.807, 2.05) is 49.4 Å². The van der Waals surface area contributed by atoms with Gasteiger partial charge in [-0.15, -0.1) is 0 Å². The first-order valence-electron chi connectivity index (χ1n) is 19.4. The van der Waals surface area contributed by atoms with Crippen LogP contribution in [0.2, 0.25) is 0 Å². The number of hydrogen-bond acceptors (Lipinski definition) is 5. The number of carbonyl (C=O) groups is 3. The molecule has 0 heterocycles. The van der Waals surface area contributed by atoms with Crippen molar-refractivity contribution in [2.75, 3.05) is 0 Å². The SMILES string of the molecule is CCCC(=O)[C@H](c1ccccc1)C(C(=O)O[C@@H]1C[C@H](C)CC[C@H]1C(C)(C)c1ccccc1)C(=O)O[C@@H]1C[C@H](C)CC[C@H]1C(C)(C)c1ccccc1. The minimum Gasteiger partial charge on any atom is -0.461 e. The highest BCUT2D eigenvalue weighted by Crippen LogP contribution is 2.46. The quantitative estimate of drug-likeness (QED) is 0.132. The molecule has 5 rings (SSSR count). The second-order valence-corrected chi connectivity index (χ2v) is 16.8. The van der Waals surface area contributed by atoms with Crippen molar-refractivity contribution in [1.29, 1.82) is 0 Å². The highest BCUT2D eigenvalue weighted by Gasteiger charge is 2.49. The zero-order valence-electron chi connectivity index (χ0n) is 32.0. The van der Waals surface area contributed by atoms with Crippen LogP contribution in [0, 0.1) is 29.6 Å². The van der Waals surface area contributed by atoms with Gasteiger partial charge >= 0.3 is 11.9 Å². The summed E-state index contributed by atoms with van der Waals surface area (Å²) in [5.41, 5.74) is 2.49. The third kappa shape index (κ3) is 8.84. The Morgan fingerprint density at radius 3 is 1.41 bits per heavy atom. The predicted octanol–water partition coefficient (Wildman–Crippen LogP) is 10.4. The summed E-state index contributed by atoms with van der Waals surface area (Å²) in [7, 11) is 0. The molecule has 0 bridgehead atoms. The maximum absolute atomic E-state index is 14.8. The largest absolute Gasteiger partial charge is 0.461 e. The molecule has 0 aliphatic heterocycles. The predicted molar refractivity (Wildman–Crippen MR) is 204 cm³/mol. The first kappa shape index (κ1) is 38.5. The molecule has 3 aromatic carbocycles. The molecule has 2 aliphatic carbocycles. The van der Waals surface area contributed by atoms with E-state index in [2.05, 4.69) is 90.1 Å². The first-order chi connectivity index (χ1) is 24.3. The Morgan fingerprint density at radius 2 is 1.02 bits per heavy atom. The van der Waals surface area contributed by atoms with Crippen LogP contribution < -0.4 is 0 Å². The second-order valence-electron chi connectivity index (χ2n) is 16.8. The van der Waals surface area contributed by atoms with Crippen molar-refractivity contribution in [2.45, 2.75) is 129 Å². The first-order valence-corrected chi connectivity index (χ1v) is 19.4. The average molecular weight is 693 g/mol. The number of carbonyl (C=O) groups excluding carboxylic acids is 3. The van der Waals surface area contributed by atoms with Crippen LogP contribution in [0.3, 0.4) is 0 Å². The van der Waals surface area contributed by atoms with Crippen LogP contribution in [-0.2, 0) is 34.7 Å². The second kappa shape index (κ2) is 16.7. The topological polar surface area (TPSA) is 69.7 Å². The van der Waals surface area contributed by atoms with E-state index in [1.165, 1.54) is 11.1 Å². The average Bonchev–Trinajstić information content (AvgIpc) is 3.11. The summed E-state index contributed by atoms with van der Waals surface area (Å²) >= 11 is 0. The van der Waals surface area contributed by atoms with Crippen LogP contribution in [0.15, 0.2) is 91.0 Å². The van der Waals surface area contributed by atoms with Gasteiger partial charge in [0.1, 0.15) is 18.0 Å². The lowest BCUT2D eigenvalue weighted by Crippen LogP contribution is -2.48. The molecule has 2 aliphatic rings. The molecule has 5 heteroatoms. The van der Waals surface area contributed by atoms with Crippen LogP contribution in [0.25, 0.3) is 0 Å². The number of ketones is 1. The van der Waals surface area contributed by atoms with Gasteiger partial charge in [0, 0.05) is 18.3 Å². The molecular weight excluding hydrogens is 633 g/mol. The molecule has 0 saturated heterocycles. The minimum absolute atomic E-state index is 0.0495. The molecule has 3 aromatic rings. The molecule has 51 heavy (non-hydrogen) atoms. The fourth-order valence-corrected chi connectivity index (χ4v) is 9.17. The van der Waals surface area contributed by atoms with E-state index < -0.39 is 36.0 Å². The highest BCUT2D eigenvalue weighted by atomic mass is 16.6. The van der Waals surface area contributed by atoms with Gasteiger partial charge in [0.2, 0.25) is 0 Å². The minimum atomic E-state index is -1.40. The van der Waals surface area contributed by atoms with Crippen LogP contribution in [0.4, 0.5) is 0 Å². The lowest BCUT2D eigenvalue weighted by molar-refractivity contribution is -0.178. The van der Waals surface area contributed by atoms with E-state index >= 15 is 0 Å². The monoisotopic (exact) mass is 692 g/mol. The van der Waals surface area contributed by atoms with E-state index in [1.54, 1.807) is 0 Å². The van der Waals surface area contributed by atoms with Gasteiger partial charge in [-0.3, -0.25) is 14.4 Å². The van der Waals surface area contributed by atoms with Crippen LogP contribution >= 0.6 is 0 Å². The number of esters is 2. The standard InChI is InChI=1S/C46H60O5/c1-8-18-38(47)41(33-19-12-9-13-20-33)42(43(48)50-39-29-31(2)25-27-36(39)45(4,5)34-21-14-10-15-22-34)44(49)51-40-30-32(3)26-28-37(40)46(6,7)35-23-16-11-17-24-35/h9-17,19-24,31-32,36-37,39-42H,8,18,25-30H2,1-7H3/t31-,32-,36-,37-,39-,40-,41+/m1/s1. The van der Waals surface area contributed by atoms with E-state index in [-0.39, 0.29) is 34.9 Å². The van der Waals surface area contributed by atoms with Crippen molar-refractivity contribution < 1.29 is 23.9 Å². The summed E-state index contributed by atoms with van der Waals surface area (Å²) in [5, 5.41) is 0. The number of ether oxygens (including phenoxy) is 2. The molecule has 274 valence electrons. The molecule has 0 radical (unpaired) electrons. The van der Waals surface area contributed by atoms with Gasteiger partial charge in [0.25, 0.3) is 0 Å². The van der Waals surface area contributed by atoms with Gasteiger partial charge in [-0.25, -0.2) is 0 Å². The van der Waals surface area contributed by atoms with Gasteiger partial charge < -0.3 is 9.47 Å². The summed E-state index contributed by atoms with van der Waals surface area (Å²) < 4.78 is 13.2. The summed E-state index contributed by atoms with van der Waals surface area (Å²) in [6.45, 7) is 15.3. The zero-order valence-corrected chi connectivity index (χ0v) is 32.0. The number of benzene rings is 3. The van der Waals surface area contributed by atoms with Crippen molar-refractivity contribution >= 4 is 17.7 Å². The fraction of sp³-hybridized carbons (Fsp3) is 0.543. The van der Waals surface area contributed by atoms with Gasteiger partial charge in [0.05, 0.1) is 5.92 Å². The Labute approximate surface area is 306 Å². The summed E-state index contributed by atoms with van der Waals surface area (Å²) in [6.07, 6.45) is 5.38. The van der Waals surface area contributed by atoms with Crippen molar-refractivity contribution in [1.82, 2.24) is 0 Å². The Bertz CT molecular complexity index is 1490. The number of Topliss-reactive ketones (excluding diaryl/α,β-unsaturated/α-hetero) is 1. The molecular formula is C46H60O5. The Hall–Kier alpha value is -3.73. The van der Waals surface area contributed by atoms with E-state index in [0.717, 1.165) is 25.7 Å². The van der Waals surface area contributed by atoms with Crippen molar-refractivity contribution in [3.8, 4) is 0 Å². The smallest absolute Gasteiger partial charge is 0.321 e. The van der Waals surface area contributed by atoms with Gasteiger partial charge in [0.15, 0.2) is 5.92 Å². The Kier molecular flexibility index (Phi) is 12.6. The van der Waals surface area contributed by atoms with E-state index in [4.69, 9.17) is 9.47 Å². The van der Waals surface area contributed by atoms with Gasteiger partial charge in [-0.2, -0.15) is 0 Å². The maximum atomic E-state index is 14.8. The van der Waals surface area contributed by atoms with E-state index in [0.29, 0.717) is 36.7 Å². The van der Waals surface area contributed by atoms with Gasteiger partial charge in [-0.1, -0.05) is 152 Å². The molecule has 0 spiro atoms. The molecule has 5 nitrogen and oxygen atoms in total. The zero-order chi connectivity index (χ0) is 36.8. The molecule has 7 atom stereocenters. The lowest BCUT2D eigenvalue weighted by Gasteiger charge is -2.45. The van der Waals surface area contributed by atoms with Crippen LogP contribution in [0.5, 0.6) is 0 Å². The highest BCUT2D eigenvalue weighted by molar-refractivity contribution is 6.03. The summed E-state index contributed by atoms with van der Waals surface area (Å²) in [6, 6.07) is 30.1. The van der Waals surface area contributed by atoms with Gasteiger partial charge in [-0.05, 0) is 71.5 Å². The number of hydrogen-bond donors (Lipinski definition) is 0. The summed E-state index contributed by atoms with van der Waals surface area (Å²) in [4.78, 5) is 43.7. The van der Waals surface area contributed by atoms with Crippen LogP contribution in [0.1, 0.15) is 122 Å². The molecule has 0 N–H and O–H groups in total.